The quantitative estimate of drug-likeness (QED) is 0.813. The Hall–Kier alpha value is -1.76. The number of halogens is 3. The maximum Gasteiger partial charge on any atom is 0.471 e. The van der Waals surface area contributed by atoms with Crippen LogP contribution in [0.4, 0.5) is 18.9 Å². The number of hydrogen-bond acceptors (Lipinski definition) is 3. The molecule has 1 heterocycles. The van der Waals surface area contributed by atoms with Gasteiger partial charge in [0.2, 0.25) is 0 Å². The van der Waals surface area contributed by atoms with E-state index in [1.165, 1.54) is 5.69 Å². The summed E-state index contributed by atoms with van der Waals surface area (Å²) < 4.78 is 36.0. The topological polar surface area (TPSA) is 35.6 Å². The summed E-state index contributed by atoms with van der Waals surface area (Å²) in [6.07, 6.45) is -3.45. The second kappa shape index (κ2) is 8.19. The first-order valence-corrected chi connectivity index (χ1v) is 7.84. The number of alkyl halides is 3. The number of unbranched alkanes of at least 4 members (excludes halogenated alkanes) is 1. The van der Waals surface area contributed by atoms with E-state index in [0.29, 0.717) is 6.42 Å². The summed E-state index contributed by atoms with van der Waals surface area (Å²) in [5.41, 5.74) is 1.22. The number of carbonyl (C=O) groups is 1. The first kappa shape index (κ1) is 17.6. The molecule has 0 unspecified atom stereocenters. The van der Waals surface area contributed by atoms with Crippen molar-refractivity contribution in [2.75, 3.05) is 44.2 Å². The first-order chi connectivity index (χ1) is 11.0. The minimum absolute atomic E-state index is 0.0717. The fraction of sp³-hybridized carbons (Fsp3) is 0.562. The Morgan fingerprint density at radius 3 is 2.30 bits per heavy atom. The Bertz CT molecular complexity index is 485. The van der Waals surface area contributed by atoms with E-state index in [4.69, 9.17) is 0 Å². The van der Waals surface area contributed by atoms with E-state index in [-0.39, 0.29) is 6.54 Å². The van der Waals surface area contributed by atoms with E-state index in [2.05, 4.69) is 21.9 Å². The molecule has 1 aliphatic rings. The van der Waals surface area contributed by atoms with Gasteiger partial charge in [0.15, 0.2) is 0 Å². The standard InChI is InChI=1S/C16H22F3N3O/c17-16(18,19)15(23)20-8-4-5-9-21-10-12-22(13-11-21)14-6-2-1-3-7-14/h1-3,6-7H,4-5,8-13H2,(H,20,23). The van der Waals surface area contributed by atoms with E-state index < -0.39 is 12.1 Å². The number of hydrogen-bond donors (Lipinski definition) is 1. The van der Waals surface area contributed by atoms with Crippen LogP contribution in [-0.2, 0) is 4.79 Å². The Morgan fingerprint density at radius 1 is 1.04 bits per heavy atom. The van der Waals surface area contributed by atoms with Gasteiger partial charge in [-0.1, -0.05) is 18.2 Å². The van der Waals surface area contributed by atoms with Crippen molar-refractivity contribution in [3.63, 3.8) is 0 Å². The molecular formula is C16H22F3N3O. The number of anilines is 1. The number of para-hydroxylation sites is 1. The first-order valence-electron chi connectivity index (χ1n) is 7.84. The molecule has 0 spiro atoms. The third kappa shape index (κ3) is 5.74. The van der Waals surface area contributed by atoms with Crippen LogP contribution in [0.1, 0.15) is 12.8 Å². The van der Waals surface area contributed by atoms with Crippen LogP contribution in [0.3, 0.4) is 0 Å². The summed E-state index contributed by atoms with van der Waals surface area (Å²) in [6.45, 7) is 4.73. The van der Waals surface area contributed by atoms with Crippen molar-refractivity contribution in [2.45, 2.75) is 19.0 Å². The van der Waals surface area contributed by atoms with Gasteiger partial charge < -0.3 is 10.2 Å². The number of nitrogens with one attached hydrogen (secondary N) is 1. The summed E-state index contributed by atoms with van der Waals surface area (Å²) in [7, 11) is 0. The zero-order valence-corrected chi connectivity index (χ0v) is 13.0. The summed E-state index contributed by atoms with van der Waals surface area (Å²) in [5, 5.41) is 1.90. The Kier molecular flexibility index (Phi) is 6.27. The van der Waals surface area contributed by atoms with Crippen LogP contribution < -0.4 is 10.2 Å². The van der Waals surface area contributed by atoms with Crippen LogP contribution in [0.25, 0.3) is 0 Å². The fourth-order valence-corrected chi connectivity index (χ4v) is 2.63. The van der Waals surface area contributed by atoms with Crippen molar-refractivity contribution in [2.24, 2.45) is 0 Å². The van der Waals surface area contributed by atoms with E-state index in [0.717, 1.165) is 39.1 Å². The summed E-state index contributed by atoms with van der Waals surface area (Å²) in [6, 6.07) is 10.2. The third-order valence-electron chi connectivity index (χ3n) is 3.94. The number of amides is 1. The van der Waals surface area contributed by atoms with Crippen molar-refractivity contribution < 1.29 is 18.0 Å². The molecule has 1 fully saturated rings. The van der Waals surface area contributed by atoms with Crippen molar-refractivity contribution in [1.29, 1.82) is 0 Å². The predicted octanol–water partition coefficient (Wildman–Crippen LogP) is 2.27. The lowest BCUT2D eigenvalue weighted by Gasteiger charge is -2.36. The molecule has 0 radical (unpaired) electrons. The number of rotatable bonds is 6. The molecule has 128 valence electrons. The van der Waals surface area contributed by atoms with Crippen molar-refractivity contribution in [3.05, 3.63) is 30.3 Å². The molecule has 2 rings (SSSR count). The van der Waals surface area contributed by atoms with Gasteiger partial charge in [-0.15, -0.1) is 0 Å². The zero-order chi connectivity index (χ0) is 16.7. The Balaban J connectivity index is 1.58. The molecule has 7 heteroatoms. The van der Waals surface area contributed by atoms with Crippen molar-refractivity contribution in [3.8, 4) is 0 Å². The number of carbonyl (C=O) groups excluding carboxylic acids is 1. The molecule has 1 aromatic carbocycles. The normalized spacial score (nSPS) is 16.4. The van der Waals surface area contributed by atoms with Gasteiger partial charge in [-0.2, -0.15) is 13.2 Å². The van der Waals surface area contributed by atoms with Crippen LogP contribution in [0.5, 0.6) is 0 Å². The Morgan fingerprint density at radius 2 is 1.70 bits per heavy atom. The highest BCUT2D eigenvalue weighted by atomic mass is 19.4. The molecule has 1 saturated heterocycles. The summed E-state index contributed by atoms with van der Waals surface area (Å²) in [5.74, 6) is -1.85. The highest BCUT2D eigenvalue weighted by Gasteiger charge is 2.38. The minimum Gasteiger partial charge on any atom is -0.369 e. The van der Waals surface area contributed by atoms with Crippen LogP contribution in [-0.4, -0.2) is 56.3 Å². The molecule has 0 aliphatic carbocycles. The molecule has 0 atom stereocenters. The molecule has 4 nitrogen and oxygen atoms in total. The summed E-state index contributed by atoms with van der Waals surface area (Å²) >= 11 is 0. The van der Waals surface area contributed by atoms with Gasteiger partial charge >= 0.3 is 12.1 Å². The van der Waals surface area contributed by atoms with Gasteiger partial charge in [0, 0.05) is 38.4 Å². The molecule has 1 N–H and O–H groups in total. The monoisotopic (exact) mass is 329 g/mol. The van der Waals surface area contributed by atoms with Gasteiger partial charge in [-0.3, -0.25) is 9.69 Å². The molecule has 23 heavy (non-hydrogen) atoms. The van der Waals surface area contributed by atoms with E-state index in [1.54, 1.807) is 0 Å². The second-order valence-corrected chi connectivity index (χ2v) is 5.63. The maximum atomic E-state index is 12.0. The SMILES string of the molecule is O=C(NCCCCN1CCN(c2ccccc2)CC1)C(F)(F)F. The van der Waals surface area contributed by atoms with Crippen molar-refractivity contribution in [1.82, 2.24) is 10.2 Å². The minimum atomic E-state index is -4.78. The van der Waals surface area contributed by atoms with Crippen LogP contribution in [0.15, 0.2) is 30.3 Å². The van der Waals surface area contributed by atoms with Gasteiger partial charge in [0.1, 0.15) is 0 Å². The molecule has 0 bridgehead atoms. The average Bonchev–Trinajstić information content (AvgIpc) is 2.55. The number of piperazine rings is 1. The second-order valence-electron chi connectivity index (χ2n) is 5.63. The van der Waals surface area contributed by atoms with Gasteiger partial charge in [0.05, 0.1) is 0 Å². The smallest absolute Gasteiger partial charge is 0.369 e. The molecule has 1 amide bonds. The number of benzene rings is 1. The van der Waals surface area contributed by atoms with E-state index in [9.17, 15) is 18.0 Å². The summed E-state index contributed by atoms with van der Waals surface area (Å²) in [4.78, 5) is 15.3. The van der Waals surface area contributed by atoms with Gasteiger partial charge in [0.25, 0.3) is 0 Å². The highest BCUT2D eigenvalue weighted by Crippen LogP contribution is 2.16. The average molecular weight is 329 g/mol. The number of nitrogens with zero attached hydrogens (tertiary/aromatic N) is 2. The molecule has 1 aliphatic heterocycles. The highest BCUT2D eigenvalue weighted by molar-refractivity contribution is 5.81. The molecular weight excluding hydrogens is 307 g/mol. The lowest BCUT2D eigenvalue weighted by molar-refractivity contribution is -0.173. The third-order valence-corrected chi connectivity index (χ3v) is 3.94. The van der Waals surface area contributed by atoms with Crippen LogP contribution >= 0.6 is 0 Å². The zero-order valence-electron chi connectivity index (χ0n) is 13.0. The van der Waals surface area contributed by atoms with Gasteiger partial charge in [-0.25, -0.2) is 0 Å². The lowest BCUT2D eigenvalue weighted by Crippen LogP contribution is -2.46. The predicted molar refractivity (Wildman–Crippen MR) is 83.4 cm³/mol. The van der Waals surface area contributed by atoms with E-state index in [1.807, 2.05) is 23.5 Å². The van der Waals surface area contributed by atoms with Crippen molar-refractivity contribution >= 4 is 11.6 Å². The largest absolute Gasteiger partial charge is 0.471 e. The van der Waals surface area contributed by atoms with Gasteiger partial charge in [-0.05, 0) is 31.5 Å². The molecule has 0 saturated carbocycles. The lowest BCUT2D eigenvalue weighted by atomic mass is 10.2. The molecule has 0 aromatic heterocycles. The van der Waals surface area contributed by atoms with Crippen LogP contribution in [0.2, 0.25) is 0 Å². The van der Waals surface area contributed by atoms with Crippen LogP contribution in [0, 0.1) is 0 Å². The maximum absolute atomic E-state index is 12.0. The fourth-order valence-electron chi connectivity index (χ4n) is 2.63. The Labute approximate surface area is 134 Å². The molecule has 1 aromatic rings. The van der Waals surface area contributed by atoms with E-state index >= 15 is 0 Å².